The molecule has 2 aliphatic rings. The summed E-state index contributed by atoms with van der Waals surface area (Å²) >= 11 is 1.79. The van der Waals surface area contributed by atoms with Crippen LogP contribution in [0.15, 0.2) is 23.1 Å². The van der Waals surface area contributed by atoms with Crippen LogP contribution in [0.25, 0.3) is 0 Å². The first-order valence-corrected chi connectivity index (χ1v) is 9.33. The molecule has 1 atom stereocenters. The minimum absolute atomic E-state index is 0.0891. The van der Waals surface area contributed by atoms with E-state index in [0.717, 1.165) is 10.5 Å². The van der Waals surface area contributed by atoms with Gasteiger partial charge in [-0.25, -0.2) is 4.79 Å². The smallest absolute Gasteiger partial charge is 0.334 e. The molecule has 6 heteroatoms. The Kier molecular flexibility index (Phi) is 5.46. The van der Waals surface area contributed by atoms with Gasteiger partial charge in [0.15, 0.2) is 6.10 Å². The highest BCUT2D eigenvalue weighted by Crippen LogP contribution is 2.37. The minimum Gasteiger partial charge on any atom is -0.479 e. The van der Waals surface area contributed by atoms with Gasteiger partial charge >= 0.3 is 5.97 Å². The fourth-order valence-electron chi connectivity index (χ4n) is 3.25. The number of aryl methyl sites for hydroxylation is 1. The van der Waals surface area contributed by atoms with Gasteiger partial charge in [-0.15, -0.1) is 11.8 Å². The molecule has 2 fully saturated rings. The van der Waals surface area contributed by atoms with Gasteiger partial charge in [0, 0.05) is 16.7 Å². The highest BCUT2D eigenvalue weighted by Gasteiger charge is 2.31. The third-order valence-electron chi connectivity index (χ3n) is 4.59. The number of carboxylic acids is 1. The number of aliphatic carboxylic acids is 1. The van der Waals surface area contributed by atoms with E-state index in [9.17, 15) is 9.59 Å². The van der Waals surface area contributed by atoms with Crippen molar-refractivity contribution in [3.63, 3.8) is 0 Å². The summed E-state index contributed by atoms with van der Waals surface area (Å²) in [5, 5.41) is 9.71. The molecule has 5 nitrogen and oxygen atoms in total. The number of hydrogen-bond acceptors (Lipinski definition) is 4. The molecule has 1 unspecified atom stereocenters. The van der Waals surface area contributed by atoms with Gasteiger partial charge in [0.2, 0.25) is 0 Å². The minimum atomic E-state index is -1.02. The lowest BCUT2D eigenvalue weighted by Gasteiger charge is -2.31. The van der Waals surface area contributed by atoms with E-state index in [1.807, 2.05) is 25.1 Å². The summed E-state index contributed by atoms with van der Waals surface area (Å²) < 4.78 is 5.22. The van der Waals surface area contributed by atoms with E-state index in [1.54, 1.807) is 16.7 Å². The number of thioether (sulfide) groups is 1. The summed E-state index contributed by atoms with van der Waals surface area (Å²) in [6, 6.07) is 5.99. The molecule has 1 saturated carbocycles. The van der Waals surface area contributed by atoms with Crippen molar-refractivity contribution in [1.82, 2.24) is 4.90 Å². The predicted octanol–water partition coefficient (Wildman–Crippen LogP) is 2.96. The summed E-state index contributed by atoms with van der Waals surface area (Å²) in [7, 11) is 0. The van der Waals surface area contributed by atoms with E-state index in [0.29, 0.717) is 17.4 Å². The molecular weight excluding hydrogens is 326 g/mol. The van der Waals surface area contributed by atoms with Crippen LogP contribution in [0.3, 0.4) is 0 Å². The van der Waals surface area contributed by atoms with E-state index in [4.69, 9.17) is 9.84 Å². The second-order valence-electron chi connectivity index (χ2n) is 6.47. The summed E-state index contributed by atoms with van der Waals surface area (Å²) in [4.78, 5) is 26.7. The van der Waals surface area contributed by atoms with Crippen LogP contribution in [-0.2, 0) is 9.53 Å². The lowest BCUT2D eigenvalue weighted by atomic mass is 10.1. The molecule has 3 rings (SSSR count). The standard InChI is InChI=1S/C18H23NO4S/c1-12-6-7-16(24-13-4-2-3-5-13)14(10-12)17(20)19-8-9-23-15(11-19)18(21)22/h6-7,10,13,15H,2-5,8-9,11H2,1H3,(H,21,22). The number of amides is 1. The SMILES string of the molecule is Cc1ccc(SC2CCCC2)c(C(=O)N2CCOC(C(=O)O)C2)c1. The number of morpholine rings is 1. The number of carbonyl (C=O) groups is 2. The lowest BCUT2D eigenvalue weighted by molar-refractivity contribution is -0.154. The molecule has 1 N–H and O–H groups in total. The van der Waals surface area contributed by atoms with Crippen LogP contribution in [-0.4, -0.2) is 52.9 Å². The number of rotatable bonds is 4. The van der Waals surface area contributed by atoms with Gasteiger partial charge < -0.3 is 14.7 Å². The maximum atomic E-state index is 13.0. The van der Waals surface area contributed by atoms with Gasteiger partial charge in [0.25, 0.3) is 5.91 Å². The molecule has 1 aromatic rings. The molecule has 1 heterocycles. The summed E-state index contributed by atoms with van der Waals surface area (Å²) in [5.74, 6) is -1.11. The van der Waals surface area contributed by atoms with Crippen molar-refractivity contribution < 1.29 is 19.4 Å². The largest absolute Gasteiger partial charge is 0.479 e. The Hall–Kier alpha value is -1.53. The average molecular weight is 349 g/mol. The Morgan fingerprint density at radius 2 is 2.04 bits per heavy atom. The van der Waals surface area contributed by atoms with E-state index in [-0.39, 0.29) is 19.1 Å². The Morgan fingerprint density at radius 1 is 1.29 bits per heavy atom. The first kappa shape index (κ1) is 17.3. The Labute approximate surface area is 146 Å². The molecule has 0 bridgehead atoms. The van der Waals surface area contributed by atoms with Gasteiger partial charge in [-0.3, -0.25) is 4.79 Å². The van der Waals surface area contributed by atoms with Crippen molar-refractivity contribution in [2.24, 2.45) is 0 Å². The number of carbonyl (C=O) groups excluding carboxylic acids is 1. The van der Waals surface area contributed by atoms with E-state index in [1.165, 1.54) is 25.7 Å². The van der Waals surface area contributed by atoms with Crippen LogP contribution in [0.2, 0.25) is 0 Å². The van der Waals surface area contributed by atoms with Crippen LogP contribution in [0.1, 0.15) is 41.6 Å². The Bertz CT molecular complexity index is 627. The zero-order valence-electron chi connectivity index (χ0n) is 13.9. The molecular formula is C18H23NO4S. The first-order chi connectivity index (χ1) is 11.5. The molecule has 0 aromatic heterocycles. The van der Waals surface area contributed by atoms with Crippen LogP contribution in [0.4, 0.5) is 0 Å². The molecule has 130 valence electrons. The zero-order chi connectivity index (χ0) is 17.1. The Balaban J connectivity index is 1.80. The molecule has 1 aliphatic carbocycles. The number of hydrogen-bond donors (Lipinski definition) is 1. The van der Waals surface area contributed by atoms with Gasteiger partial charge in [-0.2, -0.15) is 0 Å². The number of nitrogens with zero attached hydrogens (tertiary/aromatic N) is 1. The van der Waals surface area contributed by atoms with Gasteiger partial charge in [0.1, 0.15) is 0 Å². The molecule has 24 heavy (non-hydrogen) atoms. The summed E-state index contributed by atoms with van der Waals surface area (Å²) in [6.45, 7) is 2.78. The third-order valence-corrected chi connectivity index (χ3v) is 6.01. The molecule has 1 aromatic carbocycles. The fourth-order valence-corrected chi connectivity index (χ4v) is 4.60. The Morgan fingerprint density at radius 3 is 2.75 bits per heavy atom. The van der Waals surface area contributed by atoms with E-state index >= 15 is 0 Å². The summed E-state index contributed by atoms with van der Waals surface area (Å²) in [5.41, 5.74) is 1.73. The monoisotopic (exact) mass is 349 g/mol. The molecule has 0 spiro atoms. The predicted molar refractivity (Wildman–Crippen MR) is 92.6 cm³/mol. The van der Waals surface area contributed by atoms with Crippen LogP contribution >= 0.6 is 11.8 Å². The van der Waals surface area contributed by atoms with Crippen molar-refractivity contribution in [1.29, 1.82) is 0 Å². The first-order valence-electron chi connectivity index (χ1n) is 8.45. The third kappa shape index (κ3) is 3.92. The van der Waals surface area contributed by atoms with Gasteiger partial charge in [0.05, 0.1) is 18.7 Å². The normalized spacial score (nSPS) is 21.9. The fraction of sp³-hybridized carbons (Fsp3) is 0.556. The number of ether oxygens (including phenoxy) is 1. The number of carboxylic acid groups (broad SMARTS) is 1. The second-order valence-corrected chi connectivity index (χ2v) is 7.81. The lowest BCUT2D eigenvalue weighted by Crippen LogP contribution is -2.48. The van der Waals surface area contributed by atoms with Crippen molar-refractivity contribution in [2.75, 3.05) is 19.7 Å². The van der Waals surface area contributed by atoms with Crippen LogP contribution in [0.5, 0.6) is 0 Å². The van der Waals surface area contributed by atoms with Crippen LogP contribution < -0.4 is 0 Å². The van der Waals surface area contributed by atoms with E-state index < -0.39 is 12.1 Å². The summed E-state index contributed by atoms with van der Waals surface area (Å²) in [6.07, 6.45) is 3.99. The molecule has 0 radical (unpaired) electrons. The second kappa shape index (κ2) is 7.57. The van der Waals surface area contributed by atoms with Crippen molar-refractivity contribution in [2.45, 2.75) is 48.9 Å². The topological polar surface area (TPSA) is 66.8 Å². The average Bonchev–Trinajstić information content (AvgIpc) is 3.09. The molecule has 1 saturated heterocycles. The highest BCUT2D eigenvalue weighted by atomic mass is 32.2. The maximum Gasteiger partial charge on any atom is 0.334 e. The highest BCUT2D eigenvalue weighted by molar-refractivity contribution is 8.00. The maximum absolute atomic E-state index is 13.0. The van der Waals surface area contributed by atoms with Crippen molar-refractivity contribution in [3.05, 3.63) is 29.3 Å². The molecule has 1 aliphatic heterocycles. The van der Waals surface area contributed by atoms with E-state index in [2.05, 4.69) is 0 Å². The number of benzene rings is 1. The van der Waals surface area contributed by atoms with Gasteiger partial charge in [-0.05, 0) is 31.9 Å². The van der Waals surface area contributed by atoms with Gasteiger partial charge in [-0.1, -0.05) is 24.5 Å². The zero-order valence-corrected chi connectivity index (χ0v) is 14.7. The van der Waals surface area contributed by atoms with Crippen molar-refractivity contribution in [3.8, 4) is 0 Å². The quantitative estimate of drug-likeness (QED) is 0.905. The van der Waals surface area contributed by atoms with Crippen LogP contribution in [0, 0.1) is 6.92 Å². The van der Waals surface area contributed by atoms with Crippen molar-refractivity contribution >= 4 is 23.6 Å². The molecule has 1 amide bonds.